The Morgan fingerprint density at radius 1 is 1.19 bits per heavy atom. The van der Waals surface area contributed by atoms with Gasteiger partial charge in [-0.15, -0.1) is 24.8 Å². The van der Waals surface area contributed by atoms with Crippen LogP contribution in [0.25, 0.3) is 0 Å². The number of benzene rings is 1. The third-order valence-electron chi connectivity index (χ3n) is 5.83. The van der Waals surface area contributed by atoms with Crippen molar-refractivity contribution < 1.29 is 4.79 Å². The van der Waals surface area contributed by atoms with Crippen molar-refractivity contribution in [2.75, 3.05) is 25.5 Å². The van der Waals surface area contributed by atoms with Gasteiger partial charge in [-0.2, -0.15) is 0 Å². The molecule has 2 N–H and O–H groups in total. The number of carbonyl (C=O) groups is 1. The largest absolute Gasteiger partial charge is 0.326 e. The summed E-state index contributed by atoms with van der Waals surface area (Å²) < 4.78 is 0. The van der Waals surface area contributed by atoms with Crippen LogP contribution in [0.4, 0.5) is 5.69 Å². The lowest BCUT2D eigenvalue weighted by atomic mass is 9.88. The quantitative estimate of drug-likeness (QED) is 0.754. The Morgan fingerprint density at radius 3 is 2.46 bits per heavy atom. The number of nitrogens with zero attached hydrogens (tertiary/aromatic N) is 1. The fraction of sp³-hybridized carbons (Fsp3) is 0.650. The molecule has 1 atom stereocenters. The second-order valence-corrected chi connectivity index (χ2v) is 7.56. The van der Waals surface area contributed by atoms with Crippen LogP contribution in [0.3, 0.4) is 0 Å². The molecular weight excluding hydrogens is 369 g/mol. The van der Waals surface area contributed by atoms with Crippen LogP contribution in [0.2, 0.25) is 0 Å². The summed E-state index contributed by atoms with van der Waals surface area (Å²) in [6.45, 7) is 4.86. The lowest BCUT2D eigenvalue weighted by Gasteiger charge is -2.33. The average molecular weight is 402 g/mol. The van der Waals surface area contributed by atoms with Crippen molar-refractivity contribution in [2.45, 2.75) is 51.6 Å². The summed E-state index contributed by atoms with van der Waals surface area (Å²) in [6.07, 6.45) is 6.68. The van der Waals surface area contributed by atoms with E-state index in [0.717, 1.165) is 25.3 Å². The van der Waals surface area contributed by atoms with Crippen molar-refractivity contribution in [3.8, 4) is 0 Å². The maximum atomic E-state index is 12.5. The van der Waals surface area contributed by atoms with Gasteiger partial charge in [0.15, 0.2) is 0 Å². The van der Waals surface area contributed by atoms with Crippen molar-refractivity contribution in [1.29, 1.82) is 0 Å². The third kappa shape index (κ3) is 5.85. The first-order valence-electron chi connectivity index (χ1n) is 9.45. The fourth-order valence-corrected chi connectivity index (χ4v) is 3.82. The van der Waals surface area contributed by atoms with Gasteiger partial charge in [0, 0.05) is 24.2 Å². The minimum atomic E-state index is 0. The van der Waals surface area contributed by atoms with Crippen molar-refractivity contribution >= 4 is 36.4 Å². The first-order valence-corrected chi connectivity index (χ1v) is 9.45. The zero-order valence-electron chi connectivity index (χ0n) is 15.9. The molecule has 0 spiro atoms. The summed E-state index contributed by atoms with van der Waals surface area (Å²) in [4.78, 5) is 15.0. The number of nitrogens with one attached hydrogen (secondary N) is 2. The first-order chi connectivity index (χ1) is 11.6. The number of hydrogen-bond acceptors (Lipinski definition) is 3. The van der Waals surface area contributed by atoms with E-state index in [0.29, 0.717) is 12.0 Å². The SMILES string of the molecule is CC(C(=O)Nc1ccccc1CN(C)C1CCCCC1)C1CNC1.Cl.Cl. The zero-order valence-corrected chi connectivity index (χ0v) is 17.5. The summed E-state index contributed by atoms with van der Waals surface area (Å²) in [6, 6.07) is 8.94. The van der Waals surface area contributed by atoms with Crippen molar-refractivity contribution in [2.24, 2.45) is 11.8 Å². The summed E-state index contributed by atoms with van der Waals surface area (Å²) in [7, 11) is 2.22. The van der Waals surface area contributed by atoms with E-state index in [-0.39, 0.29) is 36.6 Å². The molecule has 4 nitrogen and oxygen atoms in total. The molecule has 1 saturated heterocycles. The highest BCUT2D eigenvalue weighted by Crippen LogP contribution is 2.25. The normalized spacial score (nSPS) is 19.0. The van der Waals surface area contributed by atoms with Crippen LogP contribution in [-0.4, -0.2) is 37.0 Å². The monoisotopic (exact) mass is 401 g/mol. The van der Waals surface area contributed by atoms with Gasteiger partial charge in [0.1, 0.15) is 0 Å². The summed E-state index contributed by atoms with van der Waals surface area (Å²) in [5, 5.41) is 6.42. The molecule has 6 heteroatoms. The molecule has 148 valence electrons. The van der Waals surface area contributed by atoms with Gasteiger partial charge in [-0.05, 0) is 50.5 Å². The molecule has 0 bridgehead atoms. The topological polar surface area (TPSA) is 44.4 Å². The lowest BCUT2D eigenvalue weighted by molar-refractivity contribution is -0.121. The molecule has 1 aromatic carbocycles. The molecular formula is C20H33Cl2N3O. The Labute approximate surface area is 170 Å². The number of anilines is 1. The van der Waals surface area contributed by atoms with Crippen LogP contribution in [0.1, 0.15) is 44.6 Å². The van der Waals surface area contributed by atoms with E-state index >= 15 is 0 Å². The van der Waals surface area contributed by atoms with Gasteiger partial charge in [-0.1, -0.05) is 44.4 Å². The standard InChI is InChI=1S/C20H31N3O.2ClH/c1-15(17-12-21-13-17)20(24)22-19-11-7-6-8-16(19)14-23(2)18-9-4-3-5-10-18;;/h6-8,11,15,17-18,21H,3-5,9-10,12-14H2,1-2H3,(H,22,24);2*1H. The highest BCUT2D eigenvalue weighted by molar-refractivity contribution is 5.93. The van der Waals surface area contributed by atoms with Crippen LogP contribution in [0.5, 0.6) is 0 Å². The summed E-state index contributed by atoms with van der Waals surface area (Å²) in [5.74, 6) is 0.687. The molecule has 1 aromatic rings. The maximum Gasteiger partial charge on any atom is 0.227 e. The molecule has 0 radical (unpaired) electrons. The van der Waals surface area contributed by atoms with Crippen LogP contribution < -0.4 is 10.6 Å². The summed E-state index contributed by atoms with van der Waals surface area (Å²) in [5.41, 5.74) is 2.20. The molecule has 1 aliphatic carbocycles. The highest BCUT2D eigenvalue weighted by Gasteiger charge is 2.29. The van der Waals surface area contributed by atoms with E-state index in [1.165, 1.54) is 37.7 Å². The van der Waals surface area contributed by atoms with Crippen LogP contribution in [-0.2, 0) is 11.3 Å². The van der Waals surface area contributed by atoms with Crippen molar-refractivity contribution in [3.05, 3.63) is 29.8 Å². The average Bonchev–Trinajstić information content (AvgIpc) is 2.55. The smallest absolute Gasteiger partial charge is 0.227 e. The van der Waals surface area contributed by atoms with E-state index in [1.807, 2.05) is 19.1 Å². The van der Waals surface area contributed by atoms with Gasteiger partial charge in [-0.25, -0.2) is 0 Å². The molecule has 1 saturated carbocycles. The Bertz CT molecular complexity index is 560. The first kappa shape index (κ1) is 23.2. The molecule has 26 heavy (non-hydrogen) atoms. The second kappa shape index (κ2) is 11.1. The van der Waals surface area contributed by atoms with Crippen LogP contribution >= 0.6 is 24.8 Å². The minimum Gasteiger partial charge on any atom is -0.326 e. The molecule has 1 unspecified atom stereocenters. The Hall–Kier alpha value is -0.810. The number of hydrogen-bond donors (Lipinski definition) is 2. The van der Waals surface area contributed by atoms with Gasteiger partial charge in [0.25, 0.3) is 0 Å². The predicted octanol–water partition coefficient (Wildman–Crippen LogP) is 4.09. The van der Waals surface area contributed by atoms with E-state index in [4.69, 9.17) is 0 Å². The molecule has 1 heterocycles. The van der Waals surface area contributed by atoms with Gasteiger partial charge < -0.3 is 10.6 Å². The van der Waals surface area contributed by atoms with Crippen molar-refractivity contribution in [1.82, 2.24) is 10.2 Å². The molecule has 2 fully saturated rings. The molecule has 3 rings (SSSR count). The number of halogens is 2. The van der Waals surface area contributed by atoms with E-state index in [1.54, 1.807) is 0 Å². The second-order valence-electron chi connectivity index (χ2n) is 7.56. The Morgan fingerprint density at radius 2 is 1.85 bits per heavy atom. The minimum absolute atomic E-state index is 0. The number of amides is 1. The molecule has 1 amide bonds. The Balaban J connectivity index is 0.00000169. The molecule has 0 aromatic heterocycles. The van der Waals surface area contributed by atoms with Gasteiger partial charge >= 0.3 is 0 Å². The predicted molar refractivity (Wildman–Crippen MR) is 113 cm³/mol. The van der Waals surface area contributed by atoms with E-state index in [9.17, 15) is 4.79 Å². The van der Waals surface area contributed by atoms with Crippen molar-refractivity contribution in [3.63, 3.8) is 0 Å². The van der Waals surface area contributed by atoms with E-state index < -0.39 is 0 Å². The Kier molecular flexibility index (Phi) is 9.94. The summed E-state index contributed by atoms with van der Waals surface area (Å²) >= 11 is 0. The maximum absolute atomic E-state index is 12.5. The van der Waals surface area contributed by atoms with Gasteiger partial charge in [0.2, 0.25) is 5.91 Å². The fourth-order valence-electron chi connectivity index (χ4n) is 3.82. The van der Waals surface area contributed by atoms with Gasteiger partial charge in [-0.3, -0.25) is 9.69 Å². The number of carbonyl (C=O) groups excluding carboxylic acids is 1. The molecule has 1 aliphatic heterocycles. The number of rotatable bonds is 6. The van der Waals surface area contributed by atoms with E-state index in [2.05, 4.69) is 34.7 Å². The van der Waals surface area contributed by atoms with Crippen LogP contribution in [0.15, 0.2) is 24.3 Å². The lowest BCUT2D eigenvalue weighted by Crippen LogP contribution is -2.48. The zero-order chi connectivity index (χ0) is 16.9. The third-order valence-corrected chi connectivity index (χ3v) is 5.83. The highest BCUT2D eigenvalue weighted by atomic mass is 35.5. The molecule has 2 aliphatic rings. The van der Waals surface area contributed by atoms with Gasteiger partial charge in [0.05, 0.1) is 0 Å². The number of para-hydroxylation sites is 1. The van der Waals surface area contributed by atoms with Crippen LogP contribution in [0, 0.1) is 11.8 Å².